The minimum atomic E-state index is -4.83. The molecular weight excluding hydrogens is 322 g/mol. The van der Waals surface area contributed by atoms with E-state index in [2.05, 4.69) is 24.3 Å². The van der Waals surface area contributed by atoms with E-state index in [1.165, 1.54) is 24.4 Å². The Morgan fingerprint density at radius 1 is 1.22 bits per heavy atom. The molecule has 0 spiro atoms. The molecule has 0 saturated carbocycles. The van der Waals surface area contributed by atoms with Gasteiger partial charge >= 0.3 is 12.1 Å². The second-order valence-corrected chi connectivity index (χ2v) is 4.49. The van der Waals surface area contributed by atoms with Crippen LogP contribution in [0.1, 0.15) is 23.1 Å². The van der Waals surface area contributed by atoms with Crippen LogP contribution >= 0.6 is 0 Å². The highest BCUT2D eigenvalue weighted by Crippen LogP contribution is 2.32. The predicted octanol–water partition coefficient (Wildman–Crippen LogP) is 2.96. The third-order valence-corrected chi connectivity index (χ3v) is 3.00. The van der Waals surface area contributed by atoms with Gasteiger partial charge in [0.25, 0.3) is 0 Å². The van der Waals surface area contributed by atoms with Crippen molar-refractivity contribution in [1.29, 1.82) is 0 Å². The SMILES string of the molecule is OC(c1cnoc1)c1cccc(-c2noc(C(F)(F)F)n2)c1F. The molecule has 0 aliphatic heterocycles. The lowest BCUT2D eigenvalue weighted by atomic mass is 10.0. The average Bonchev–Trinajstić information content (AvgIpc) is 3.18. The van der Waals surface area contributed by atoms with Gasteiger partial charge in [0.05, 0.1) is 11.8 Å². The summed E-state index contributed by atoms with van der Waals surface area (Å²) < 4.78 is 60.5. The van der Waals surface area contributed by atoms with E-state index < -0.39 is 29.8 Å². The van der Waals surface area contributed by atoms with Crippen molar-refractivity contribution < 1.29 is 31.7 Å². The summed E-state index contributed by atoms with van der Waals surface area (Å²) in [5.41, 5.74) is -0.341. The summed E-state index contributed by atoms with van der Waals surface area (Å²) in [7, 11) is 0. The van der Waals surface area contributed by atoms with Crippen molar-refractivity contribution >= 4 is 0 Å². The third-order valence-electron chi connectivity index (χ3n) is 3.00. The molecule has 1 unspecified atom stereocenters. The Bertz CT molecular complexity index is 814. The molecule has 0 bridgehead atoms. The molecule has 1 aromatic carbocycles. The van der Waals surface area contributed by atoms with E-state index in [4.69, 9.17) is 0 Å². The summed E-state index contributed by atoms with van der Waals surface area (Å²) in [6.07, 6.45) is -3.93. The smallest absolute Gasteiger partial charge is 0.383 e. The minimum Gasteiger partial charge on any atom is -0.383 e. The maximum atomic E-state index is 14.5. The molecule has 6 nitrogen and oxygen atoms in total. The number of aliphatic hydroxyl groups excluding tert-OH is 1. The highest BCUT2D eigenvalue weighted by atomic mass is 19.4. The zero-order valence-corrected chi connectivity index (χ0v) is 11.1. The quantitative estimate of drug-likeness (QED) is 0.744. The summed E-state index contributed by atoms with van der Waals surface area (Å²) >= 11 is 0. The molecule has 0 fully saturated rings. The molecule has 3 aromatic rings. The largest absolute Gasteiger partial charge is 0.471 e. The van der Waals surface area contributed by atoms with E-state index in [0.29, 0.717) is 0 Å². The van der Waals surface area contributed by atoms with Crippen molar-refractivity contribution in [2.24, 2.45) is 0 Å². The Kier molecular flexibility index (Phi) is 3.60. The molecule has 0 amide bonds. The fraction of sp³-hybridized carbons (Fsp3) is 0.154. The van der Waals surface area contributed by atoms with E-state index in [-0.39, 0.29) is 16.7 Å². The predicted molar refractivity (Wildman–Crippen MR) is 65.3 cm³/mol. The lowest BCUT2D eigenvalue weighted by Crippen LogP contribution is -2.05. The first-order chi connectivity index (χ1) is 10.9. The van der Waals surface area contributed by atoms with Gasteiger partial charge in [0.15, 0.2) is 0 Å². The molecule has 2 heterocycles. The second kappa shape index (κ2) is 5.47. The number of rotatable bonds is 3. The van der Waals surface area contributed by atoms with Crippen molar-refractivity contribution in [1.82, 2.24) is 15.3 Å². The number of hydrogen-bond donors (Lipinski definition) is 1. The standard InChI is InChI=1S/C13H7F4N3O3/c14-9-7(10(21)6-4-18-22-5-6)2-1-3-8(9)11-19-12(23-20-11)13(15,16)17/h1-5,10,21H. The summed E-state index contributed by atoms with van der Waals surface area (Å²) in [5.74, 6) is -3.14. The number of alkyl halides is 3. The van der Waals surface area contributed by atoms with Gasteiger partial charge in [0.2, 0.25) is 5.82 Å². The lowest BCUT2D eigenvalue weighted by molar-refractivity contribution is -0.159. The van der Waals surface area contributed by atoms with Crippen molar-refractivity contribution in [2.75, 3.05) is 0 Å². The first-order valence-corrected chi connectivity index (χ1v) is 6.15. The van der Waals surface area contributed by atoms with Gasteiger partial charge in [-0.05, 0) is 6.07 Å². The van der Waals surface area contributed by atoms with Gasteiger partial charge in [-0.25, -0.2) is 4.39 Å². The fourth-order valence-electron chi connectivity index (χ4n) is 1.91. The van der Waals surface area contributed by atoms with Gasteiger partial charge < -0.3 is 14.2 Å². The van der Waals surface area contributed by atoms with Crippen LogP contribution in [0.4, 0.5) is 17.6 Å². The summed E-state index contributed by atoms with van der Waals surface area (Å²) in [6.45, 7) is 0. The minimum absolute atomic E-state index is 0.185. The molecule has 0 aliphatic rings. The molecule has 1 N–H and O–H groups in total. The molecule has 2 aromatic heterocycles. The van der Waals surface area contributed by atoms with Crippen LogP contribution in [0, 0.1) is 5.82 Å². The van der Waals surface area contributed by atoms with Crippen molar-refractivity contribution in [3.05, 3.63) is 53.5 Å². The average molecular weight is 329 g/mol. The lowest BCUT2D eigenvalue weighted by Gasteiger charge is -2.10. The number of halogens is 4. The van der Waals surface area contributed by atoms with Crippen LogP contribution in [0.3, 0.4) is 0 Å². The van der Waals surface area contributed by atoms with Gasteiger partial charge in [0, 0.05) is 11.1 Å². The van der Waals surface area contributed by atoms with Crippen LogP contribution in [0.15, 0.2) is 39.7 Å². The van der Waals surface area contributed by atoms with E-state index in [9.17, 15) is 22.7 Å². The Balaban J connectivity index is 2.02. The van der Waals surface area contributed by atoms with Crippen LogP contribution in [0.2, 0.25) is 0 Å². The van der Waals surface area contributed by atoms with Gasteiger partial charge in [-0.1, -0.05) is 22.4 Å². The molecule has 1 atom stereocenters. The van der Waals surface area contributed by atoms with E-state index in [0.717, 1.165) is 6.26 Å². The molecule has 0 saturated heterocycles. The number of aliphatic hydroxyl groups is 1. The number of aromatic nitrogens is 3. The zero-order chi connectivity index (χ0) is 16.6. The molecule has 10 heteroatoms. The zero-order valence-electron chi connectivity index (χ0n) is 11.1. The van der Waals surface area contributed by atoms with Gasteiger partial charge in [0.1, 0.15) is 18.2 Å². The summed E-state index contributed by atoms with van der Waals surface area (Å²) in [4.78, 5) is 3.12. The molecule has 0 radical (unpaired) electrons. The van der Waals surface area contributed by atoms with E-state index in [1.54, 1.807) is 0 Å². The monoisotopic (exact) mass is 329 g/mol. The second-order valence-electron chi connectivity index (χ2n) is 4.49. The van der Waals surface area contributed by atoms with Crippen molar-refractivity contribution in [3.8, 4) is 11.4 Å². The van der Waals surface area contributed by atoms with Gasteiger partial charge in [-0.3, -0.25) is 0 Å². The van der Waals surface area contributed by atoms with Gasteiger partial charge in [-0.15, -0.1) is 0 Å². The molecule has 120 valence electrons. The number of hydrogen-bond acceptors (Lipinski definition) is 6. The van der Waals surface area contributed by atoms with E-state index in [1.807, 2.05) is 0 Å². The highest BCUT2D eigenvalue weighted by Gasteiger charge is 2.38. The summed E-state index contributed by atoms with van der Waals surface area (Å²) in [5, 5.41) is 16.6. The maximum absolute atomic E-state index is 14.5. The van der Waals surface area contributed by atoms with Crippen LogP contribution in [0.5, 0.6) is 0 Å². The summed E-state index contributed by atoms with van der Waals surface area (Å²) in [6, 6.07) is 3.78. The Hall–Kier alpha value is -2.75. The van der Waals surface area contributed by atoms with Crippen LogP contribution < -0.4 is 0 Å². The molecule has 23 heavy (non-hydrogen) atoms. The fourth-order valence-corrected chi connectivity index (χ4v) is 1.91. The Morgan fingerprint density at radius 3 is 2.61 bits per heavy atom. The van der Waals surface area contributed by atoms with Gasteiger partial charge in [-0.2, -0.15) is 18.2 Å². The first kappa shape index (κ1) is 15.2. The molecular formula is C13H7F4N3O3. The third kappa shape index (κ3) is 2.80. The van der Waals surface area contributed by atoms with E-state index >= 15 is 0 Å². The maximum Gasteiger partial charge on any atom is 0.471 e. The van der Waals surface area contributed by atoms with Crippen molar-refractivity contribution in [3.63, 3.8) is 0 Å². The van der Waals surface area contributed by atoms with Crippen LogP contribution in [-0.2, 0) is 6.18 Å². The molecule has 0 aliphatic carbocycles. The highest BCUT2D eigenvalue weighted by molar-refractivity contribution is 5.57. The Morgan fingerprint density at radius 2 is 2.00 bits per heavy atom. The van der Waals surface area contributed by atoms with Crippen molar-refractivity contribution in [2.45, 2.75) is 12.3 Å². The van der Waals surface area contributed by atoms with Crippen LogP contribution in [-0.4, -0.2) is 20.4 Å². The normalized spacial score (nSPS) is 13.3. The topological polar surface area (TPSA) is 85.2 Å². The first-order valence-electron chi connectivity index (χ1n) is 6.15. The Labute approximate surface area is 125 Å². The number of nitrogens with zero attached hydrogens (tertiary/aromatic N) is 3. The van der Waals surface area contributed by atoms with Crippen LogP contribution in [0.25, 0.3) is 11.4 Å². The number of benzene rings is 1. The molecule has 3 rings (SSSR count).